The van der Waals surface area contributed by atoms with Gasteiger partial charge in [0.15, 0.2) is 9.84 Å². The van der Waals surface area contributed by atoms with Crippen molar-refractivity contribution < 1.29 is 18.3 Å². The monoisotopic (exact) mass is 255 g/mol. The van der Waals surface area contributed by atoms with Crippen LogP contribution in [0.25, 0.3) is 0 Å². The number of anilines is 1. The maximum absolute atomic E-state index is 11.3. The van der Waals surface area contributed by atoms with Gasteiger partial charge in [0.1, 0.15) is 0 Å². The molecule has 1 rings (SSSR count). The molecule has 0 amide bonds. The Bertz CT molecular complexity index is 549. The number of sulfone groups is 1. The van der Waals surface area contributed by atoms with Crippen LogP contribution in [0.1, 0.15) is 10.4 Å². The number of hydrogen-bond donors (Lipinski definition) is 2. The number of carboxylic acids is 1. The molecule has 0 atom stereocenters. The van der Waals surface area contributed by atoms with Crippen LogP contribution < -0.4 is 5.32 Å². The van der Waals surface area contributed by atoms with E-state index in [4.69, 9.17) is 5.11 Å². The highest BCUT2D eigenvalue weighted by atomic mass is 32.2. The lowest BCUT2D eigenvalue weighted by atomic mass is 10.2. The van der Waals surface area contributed by atoms with Crippen molar-refractivity contribution in [3.05, 3.63) is 36.4 Å². The Morgan fingerprint density at radius 2 is 2.18 bits per heavy atom. The third-order valence-electron chi connectivity index (χ3n) is 2.09. The standard InChI is InChI=1S/C11H13NO4S/c1-3-6-12-10-5-4-8(17(2,15)16)7-9(10)11(13)14/h3-5,7,12H,1,6H2,2H3,(H,13,14). The number of hydrogen-bond acceptors (Lipinski definition) is 4. The molecule has 17 heavy (non-hydrogen) atoms. The molecule has 0 aliphatic heterocycles. The van der Waals surface area contributed by atoms with Crippen LogP contribution >= 0.6 is 0 Å². The van der Waals surface area contributed by atoms with Crippen LogP contribution in [0, 0.1) is 0 Å². The summed E-state index contributed by atoms with van der Waals surface area (Å²) in [5.41, 5.74) is 0.291. The van der Waals surface area contributed by atoms with E-state index < -0.39 is 15.8 Å². The minimum atomic E-state index is -3.41. The molecule has 0 radical (unpaired) electrons. The van der Waals surface area contributed by atoms with Gasteiger partial charge in [-0.25, -0.2) is 13.2 Å². The highest BCUT2D eigenvalue weighted by Gasteiger charge is 2.15. The van der Waals surface area contributed by atoms with E-state index in [0.717, 1.165) is 12.3 Å². The van der Waals surface area contributed by atoms with Gasteiger partial charge in [-0.1, -0.05) is 6.08 Å². The summed E-state index contributed by atoms with van der Waals surface area (Å²) in [5, 5.41) is 11.8. The summed E-state index contributed by atoms with van der Waals surface area (Å²) in [6, 6.07) is 3.94. The minimum absolute atomic E-state index is 0.0148. The average molecular weight is 255 g/mol. The fourth-order valence-electron chi connectivity index (χ4n) is 1.27. The van der Waals surface area contributed by atoms with E-state index in [-0.39, 0.29) is 10.5 Å². The normalized spacial score (nSPS) is 10.9. The van der Waals surface area contributed by atoms with Crippen LogP contribution in [-0.4, -0.2) is 32.3 Å². The maximum Gasteiger partial charge on any atom is 0.337 e. The molecule has 0 spiro atoms. The van der Waals surface area contributed by atoms with Crippen molar-refractivity contribution in [1.29, 1.82) is 0 Å². The van der Waals surface area contributed by atoms with Crippen LogP contribution in [0.5, 0.6) is 0 Å². The van der Waals surface area contributed by atoms with Gasteiger partial charge in [0, 0.05) is 18.5 Å². The van der Waals surface area contributed by atoms with E-state index in [2.05, 4.69) is 11.9 Å². The van der Waals surface area contributed by atoms with E-state index in [0.29, 0.717) is 12.2 Å². The zero-order valence-electron chi connectivity index (χ0n) is 9.30. The van der Waals surface area contributed by atoms with E-state index in [1.165, 1.54) is 12.1 Å². The molecule has 0 aromatic heterocycles. The summed E-state index contributed by atoms with van der Waals surface area (Å²) >= 11 is 0. The molecule has 0 aliphatic rings. The Labute approximate surface area is 99.7 Å². The van der Waals surface area contributed by atoms with Crippen molar-refractivity contribution in [3.63, 3.8) is 0 Å². The average Bonchev–Trinajstić information content (AvgIpc) is 2.24. The summed E-state index contributed by atoms with van der Waals surface area (Å²) in [6.45, 7) is 3.90. The molecule has 0 saturated carbocycles. The Hall–Kier alpha value is -1.82. The Morgan fingerprint density at radius 1 is 1.53 bits per heavy atom. The summed E-state index contributed by atoms with van der Waals surface area (Å²) in [6.07, 6.45) is 2.61. The molecule has 0 unspecified atom stereocenters. The lowest BCUT2D eigenvalue weighted by molar-refractivity contribution is 0.0697. The highest BCUT2D eigenvalue weighted by molar-refractivity contribution is 7.90. The molecule has 1 aromatic carbocycles. The van der Waals surface area contributed by atoms with Crippen molar-refractivity contribution in [1.82, 2.24) is 0 Å². The summed E-state index contributed by atoms with van der Waals surface area (Å²) < 4.78 is 22.6. The fourth-order valence-corrected chi connectivity index (χ4v) is 1.91. The first-order valence-electron chi connectivity index (χ1n) is 4.78. The summed E-state index contributed by atoms with van der Waals surface area (Å²) in [4.78, 5) is 11.0. The quantitative estimate of drug-likeness (QED) is 0.777. The van der Waals surface area contributed by atoms with Crippen LogP contribution in [-0.2, 0) is 9.84 Å². The second-order valence-electron chi connectivity index (χ2n) is 3.45. The highest BCUT2D eigenvalue weighted by Crippen LogP contribution is 2.20. The number of carboxylic acid groups (broad SMARTS) is 1. The molecule has 0 fully saturated rings. The van der Waals surface area contributed by atoms with Gasteiger partial charge in [0.2, 0.25) is 0 Å². The zero-order chi connectivity index (χ0) is 13.1. The smallest absolute Gasteiger partial charge is 0.337 e. The number of aromatic carboxylic acids is 1. The first-order valence-corrected chi connectivity index (χ1v) is 6.67. The lowest BCUT2D eigenvalue weighted by Crippen LogP contribution is -2.08. The Kier molecular flexibility index (Phi) is 3.90. The molecule has 5 nitrogen and oxygen atoms in total. The fraction of sp³-hybridized carbons (Fsp3) is 0.182. The van der Waals surface area contributed by atoms with Crippen molar-refractivity contribution in [2.75, 3.05) is 18.1 Å². The number of benzene rings is 1. The van der Waals surface area contributed by atoms with Crippen LogP contribution in [0.15, 0.2) is 35.7 Å². The number of rotatable bonds is 5. The minimum Gasteiger partial charge on any atom is -0.478 e. The topological polar surface area (TPSA) is 83.5 Å². The van der Waals surface area contributed by atoms with Crippen molar-refractivity contribution in [2.24, 2.45) is 0 Å². The molecule has 2 N–H and O–H groups in total. The van der Waals surface area contributed by atoms with E-state index in [9.17, 15) is 13.2 Å². The predicted molar refractivity (Wildman–Crippen MR) is 65.2 cm³/mol. The van der Waals surface area contributed by atoms with Crippen molar-refractivity contribution in [2.45, 2.75) is 4.90 Å². The van der Waals surface area contributed by atoms with Crippen LogP contribution in [0.3, 0.4) is 0 Å². The Morgan fingerprint density at radius 3 is 2.65 bits per heavy atom. The molecule has 1 aromatic rings. The van der Waals surface area contributed by atoms with Crippen LogP contribution in [0.2, 0.25) is 0 Å². The van der Waals surface area contributed by atoms with Crippen molar-refractivity contribution >= 4 is 21.5 Å². The van der Waals surface area contributed by atoms with Gasteiger partial charge in [-0.05, 0) is 18.2 Å². The first kappa shape index (κ1) is 13.2. The lowest BCUT2D eigenvalue weighted by Gasteiger charge is -2.09. The molecule has 0 heterocycles. The molecule has 6 heteroatoms. The summed E-state index contributed by atoms with van der Waals surface area (Å²) in [7, 11) is -3.41. The SMILES string of the molecule is C=CCNc1ccc(S(C)(=O)=O)cc1C(=O)O. The van der Waals surface area contributed by atoms with Gasteiger partial charge in [-0.2, -0.15) is 0 Å². The van der Waals surface area contributed by atoms with Gasteiger partial charge in [0.05, 0.1) is 10.5 Å². The first-order chi connectivity index (χ1) is 7.86. The van der Waals surface area contributed by atoms with Gasteiger partial charge in [-0.15, -0.1) is 6.58 Å². The molecule has 92 valence electrons. The summed E-state index contributed by atoms with van der Waals surface area (Å²) in [5.74, 6) is -1.18. The molecule has 0 bridgehead atoms. The largest absolute Gasteiger partial charge is 0.478 e. The third kappa shape index (κ3) is 3.32. The second kappa shape index (κ2) is 5.01. The zero-order valence-corrected chi connectivity index (χ0v) is 10.1. The number of carbonyl (C=O) groups is 1. The molecular formula is C11H13NO4S. The molecule has 0 saturated heterocycles. The van der Waals surface area contributed by atoms with Crippen molar-refractivity contribution in [3.8, 4) is 0 Å². The van der Waals surface area contributed by atoms with Gasteiger partial charge >= 0.3 is 5.97 Å². The molecular weight excluding hydrogens is 242 g/mol. The molecule has 0 aliphatic carbocycles. The Balaban J connectivity index is 3.27. The van der Waals surface area contributed by atoms with Crippen LogP contribution in [0.4, 0.5) is 5.69 Å². The second-order valence-corrected chi connectivity index (χ2v) is 5.47. The third-order valence-corrected chi connectivity index (χ3v) is 3.20. The van der Waals surface area contributed by atoms with E-state index in [1.807, 2.05) is 0 Å². The number of nitrogens with one attached hydrogen (secondary N) is 1. The maximum atomic E-state index is 11.3. The van der Waals surface area contributed by atoms with Gasteiger partial charge < -0.3 is 10.4 Å². The van der Waals surface area contributed by atoms with E-state index in [1.54, 1.807) is 6.08 Å². The van der Waals surface area contributed by atoms with E-state index >= 15 is 0 Å². The predicted octanol–water partition coefficient (Wildman–Crippen LogP) is 1.39. The van der Waals surface area contributed by atoms with Gasteiger partial charge in [0.25, 0.3) is 0 Å². The van der Waals surface area contributed by atoms with Gasteiger partial charge in [-0.3, -0.25) is 0 Å².